The monoisotopic (exact) mass is 199 g/mol. The molecule has 0 bridgehead atoms. The number of hydrogen-bond donors (Lipinski definition) is 0. The summed E-state index contributed by atoms with van der Waals surface area (Å²) in [4.78, 5) is 0. The van der Waals surface area contributed by atoms with Gasteiger partial charge in [0.25, 0.3) is 0 Å². The van der Waals surface area contributed by atoms with Crippen molar-refractivity contribution in [3.05, 3.63) is 18.0 Å². The lowest BCUT2D eigenvalue weighted by Gasteiger charge is -1.94. The molecule has 0 aliphatic heterocycles. The summed E-state index contributed by atoms with van der Waals surface area (Å²) < 4.78 is 45.9. The molecule has 1 rings (SSSR count). The lowest BCUT2D eigenvalue weighted by molar-refractivity contribution is -0.862. The van der Waals surface area contributed by atoms with E-state index in [1.54, 1.807) is 4.74 Å². The Balaban J connectivity index is 0.000000252. The number of aryl methyl sites for hydroxylation is 2. The quantitative estimate of drug-likeness (QED) is 0.384. The number of hydrogen-bond acceptors (Lipinski definition) is 1. The fraction of sp³-hybridized carbons (Fsp3) is 0.500. The van der Waals surface area contributed by atoms with E-state index in [4.69, 9.17) is 4.52 Å². The smallest absolute Gasteiger partial charge is 0.418 e. The van der Waals surface area contributed by atoms with Crippen molar-refractivity contribution in [2.75, 3.05) is 0 Å². The van der Waals surface area contributed by atoms with Crippen LogP contribution in [0.25, 0.3) is 0 Å². The van der Waals surface area contributed by atoms with E-state index in [-0.39, 0.29) is 0 Å². The highest BCUT2D eigenvalue weighted by atomic mass is 19.5. The van der Waals surface area contributed by atoms with Crippen molar-refractivity contribution in [1.82, 2.24) is 0 Å². The van der Waals surface area contributed by atoms with E-state index >= 15 is 0 Å². The molecule has 1 aromatic heterocycles. The van der Waals surface area contributed by atoms with Gasteiger partial charge in [-0.05, 0) is 11.7 Å². The largest absolute Gasteiger partial charge is 0.673 e. The van der Waals surface area contributed by atoms with Crippen LogP contribution in [0.15, 0.2) is 16.8 Å². The van der Waals surface area contributed by atoms with Crippen molar-refractivity contribution < 1.29 is 26.5 Å². The second-order valence-corrected chi connectivity index (χ2v) is 2.25. The molecular formula is C6H10BF4NO. The number of halogens is 4. The minimum atomic E-state index is -6.00. The lowest BCUT2D eigenvalue weighted by Crippen LogP contribution is -2.27. The van der Waals surface area contributed by atoms with Gasteiger partial charge >= 0.3 is 7.25 Å². The molecule has 0 aliphatic carbocycles. The summed E-state index contributed by atoms with van der Waals surface area (Å²) in [6, 6.07) is 1.95. The molecule has 0 radical (unpaired) electrons. The van der Waals surface area contributed by atoms with Gasteiger partial charge in [-0.25, -0.2) is 4.52 Å². The topological polar surface area (TPSA) is 17.0 Å². The van der Waals surface area contributed by atoms with Gasteiger partial charge in [-0.15, -0.1) is 0 Å². The first-order valence-electron chi connectivity index (χ1n) is 3.66. The standard InChI is InChI=1S/C6H10NO.BF4/c1-3-7-5-4-6(2)8-7;2-1(3,4)5/h4-5H,3H2,1-2H3;/q+1;-1. The SMILES string of the molecule is CC[n+]1ccc(C)o1.F[B-](F)(F)F. The third kappa shape index (κ3) is 8.90. The van der Waals surface area contributed by atoms with Crippen molar-refractivity contribution in [1.29, 1.82) is 0 Å². The Hall–Kier alpha value is -1.01. The zero-order valence-corrected chi connectivity index (χ0v) is 7.31. The fourth-order valence-corrected chi connectivity index (χ4v) is 0.604. The average molecular weight is 199 g/mol. The maximum Gasteiger partial charge on any atom is 0.673 e. The normalized spacial score (nSPS) is 10.6. The molecule has 0 saturated carbocycles. The second kappa shape index (κ2) is 4.88. The molecule has 0 aromatic carbocycles. The molecule has 0 saturated heterocycles. The third-order valence-corrected chi connectivity index (χ3v) is 1.05. The van der Waals surface area contributed by atoms with Crippen LogP contribution in [0, 0.1) is 6.92 Å². The van der Waals surface area contributed by atoms with Crippen molar-refractivity contribution >= 4 is 7.25 Å². The van der Waals surface area contributed by atoms with Gasteiger partial charge in [0.1, 0.15) is 0 Å². The molecular weight excluding hydrogens is 189 g/mol. The van der Waals surface area contributed by atoms with E-state index < -0.39 is 7.25 Å². The van der Waals surface area contributed by atoms with Crippen LogP contribution in [0.5, 0.6) is 0 Å². The Morgan fingerprint density at radius 2 is 1.85 bits per heavy atom. The van der Waals surface area contributed by atoms with Gasteiger partial charge in [-0.3, -0.25) is 0 Å². The molecule has 2 nitrogen and oxygen atoms in total. The molecule has 0 unspecified atom stereocenters. The van der Waals surface area contributed by atoms with Crippen molar-refractivity contribution in [2.45, 2.75) is 20.4 Å². The summed E-state index contributed by atoms with van der Waals surface area (Å²) in [5.41, 5.74) is 0. The Morgan fingerprint density at radius 1 is 1.38 bits per heavy atom. The molecule has 13 heavy (non-hydrogen) atoms. The molecule has 0 amide bonds. The third-order valence-electron chi connectivity index (χ3n) is 1.05. The Morgan fingerprint density at radius 3 is 2.00 bits per heavy atom. The van der Waals surface area contributed by atoms with Gasteiger partial charge in [-0.1, -0.05) is 0 Å². The molecule has 7 heteroatoms. The van der Waals surface area contributed by atoms with E-state index in [9.17, 15) is 17.3 Å². The van der Waals surface area contributed by atoms with Crippen molar-refractivity contribution in [3.63, 3.8) is 0 Å². The summed E-state index contributed by atoms with van der Waals surface area (Å²) in [6.07, 6.45) is 1.93. The first-order chi connectivity index (χ1) is 5.83. The highest BCUT2D eigenvalue weighted by Crippen LogP contribution is 2.06. The van der Waals surface area contributed by atoms with Gasteiger partial charge in [-0.2, -0.15) is 0 Å². The predicted octanol–water partition coefficient (Wildman–Crippen LogP) is 2.20. The predicted molar refractivity (Wildman–Crippen MR) is 39.5 cm³/mol. The van der Waals surface area contributed by atoms with E-state index in [0.717, 1.165) is 12.3 Å². The van der Waals surface area contributed by atoms with Crippen molar-refractivity contribution in [3.8, 4) is 0 Å². The highest BCUT2D eigenvalue weighted by Gasteiger charge is 2.20. The minimum Gasteiger partial charge on any atom is -0.418 e. The molecule has 0 N–H and O–H groups in total. The zero-order chi connectivity index (χ0) is 10.5. The first-order valence-corrected chi connectivity index (χ1v) is 3.66. The van der Waals surface area contributed by atoms with Gasteiger partial charge in [0.15, 0.2) is 12.3 Å². The van der Waals surface area contributed by atoms with Gasteiger partial charge < -0.3 is 17.3 Å². The molecule has 1 heterocycles. The Bertz CT molecular complexity index is 241. The molecule has 0 spiro atoms. The summed E-state index contributed by atoms with van der Waals surface area (Å²) in [5, 5.41) is 0. The van der Waals surface area contributed by atoms with Crippen LogP contribution in [0.2, 0.25) is 0 Å². The van der Waals surface area contributed by atoms with Crippen LogP contribution in [0.1, 0.15) is 12.7 Å². The second-order valence-electron chi connectivity index (χ2n) is 2.25. The number of rotatable bonds is 1. The maximum absolute atomic E-state index is 9.75. The highest BCUT2D eigenvalue weighted by molar-refractivity contribution is 6.50. The maximum atomic E-state index is 9.75. The van der Waals surface area contributed by atoms with Gasteiger partial charge in [0.2, 0.25) is 6.20 Å². The van der Waals surface area contributed by atoms with E-state index in [0.29, 0.717) is 0 Å². The number of aromatic nitrogens is 1. The summed E-state index contributed by atoms with van der Waals surface area (Å²) in [5.74, 6) is 0.965. The zero-order valence-electron chi connectivity index (χ0n) is 7.31. The van der Waals surface area contributed by atoms with E-state index in [2.05, 4.69) is 0 Å². The summed E-state index contributed by atoms with van der Waals surface area (Å²) >= 11 is 0. The van der Waals surface area contributed by atoms with Crippen LogP contribution >= 0.6 is 0 Å². The fourth-order valence-electron chi connectivity index (χ4n) is 0.604. The van der Waals surface area contributed by atoms with Gasteiger partial charge in [0.05, 0.1) is 6.07 Å². The molecule has 0 fully saturated rings. The molecule has 76 valence electrons. The number of nitrogens with zero attached hydrogens (tertiary/aromatic N) is 1. The minimum absolute atomic E-state index is 0.911. The van der Waals surface area contributed by atoms with E-state index in [1.165, 1.54) is 0 Å². The average Bonchev–Trinajstić information content (AvgIpc) is 2.31. The van der Waals surface area contributed by atoms with Crippen LogP contribution in [-0.2, 0) is 6.54 Å². The Kier molecular flexibility index (Phi) is 4.51. The summed E-state index contributed by atoms with van der Waals surface area (Å²) in [7, 11) is -6.00. The van der Waals surface area contributed by atoms with Crippen LogP contribution in [0.3, 0.4) is 0 Å². The lowest BCUT2D eigenvalue weighted by atomic mass is 10.3. The molecule has 0 aliphatic rings. The van der Waals surface area contributed by atoms with Crippen LogP contribution in [0.4, 0.5) is 17.3 Å². The molecule has 0 atom stereocenters. The Labute approximate surface area is 73.2 Å². The molecule has 1 aromatic rings. The van der Waals surface area contributed by atoms with Crippen LogP contribution < -0.4 is 4.74 Å². The van der Waals surface area contributed by atoms with Crippen molar-refractivity contribution in [2.24, 2.45) is 0 Å². The first kappa shape index (κ1) is 12.0. The summed E-state index contributed by atoms with van der Waals surface area (Å²) in [6.45, 7) is 4.89. The van der Waals surface area contributed by atoms with E-state index in [1.807, 2.05) is 26.1 Å². The van der Waals surface area contributed by atoms with Crippen LogP contribution in [-0.4, -0.2) is 7.25 Å². The van der Waals surface area contributed by atoms with Gasteiger partial charge in [0, 0.05) is 6.92 Å².